The van der Waals surface area contributed by atoms with E-state index in [0.29, 0.717) is 0 Å². The van der Waals surface area contributed by atoms with Crippen molar-refractivity contribution in [2.75, 3.05) is 0 Å². The van der Waals surface area contributed by atoms with Crippen molar-refractivity contribution in [3.8, 4) is 22.4 Å². The summed E-state index contributed by atoms with van der Waals surface area (Å²) in [7, 11) is 0. The lowest BCUT2D eigenvalue weighted by Gasteiger charge is -2.18. The van der Waals surface area contributed by atoms with Gasteiger partial charge >= 0.3 is 0 Å². The predicted molar refractivity (Wildman–Crippen MR) is 149 cm³/mol. The van der Waals surface area contributed by atoms with Crippen molar-refractivity contribution in [2.45, 2.75) is 27.2 Å². The molecule has 0 bridgehead atoms. The number of hydrogen-bond donors (Lipinski definition) is 0. The number of hydrogen-bond acceptors (Lipinski definition) is 2. The minimum absolute atomic E-state index is 0.215. The number of nitrogens with zero attached hydrogens (tertiary/aromatic N) is 1. The van der Waals surface area contributed by atoms with Crippen LogP contribution in [0.15, 0.2) is 91.1 Å². The average Bonchev–Trinajstić information content (AvgIpc) is 3.21. The van der Waals surface area contributed by atoms with Gasteiger partial charge in [0.05, 0.1) is 5.69 Å². The minimum Gasteiger partial charge on any atom is -0.256 e. The molecule has 0 amide bonds. The Morgan fingerprint density at radius 2 is 1.49 bits per heavy atom. The van der Waals surface area contributed by atoms with E-state index >= 15 is 0 Å². The van der Waals surface area contributed by atoms with Gasteiger partial charge < -0.3 is 0 Å². The average molecular weight is 476 g/mol. The van der Waals surface area contributed by atoms with Crippen LogP contribution in [0.5, 0.6) is 0 Å². The van der Waals surface area contributed by atoms with Gasteiger partial charge in [0.1, 0.15) is 5.82 Å². The largest absolute Gasteiger partial charge is 0.256 e. The Morgan fingerprint density at radius 3 is 2.26 bits per heavy atom. The Hall–Kier alpha value is -3.56. The maximum absolute atomic E-state index is 13.6. The van der Waals surface area contributed by atoms with Crippen LogP contribution >= 0.6 is 11.3 Å². The van der Waals surface area contributed by atoms with E-state index in [1.807, 2.05) is 29.7 Å². The first-order valence-corrected chi connectivity index (χ1v) is 12.8. The highest BCUT2D eigenvalue weighted by Crippen LogP contribution is 2.43. The summed E-state index contributed by atoms with van der Waals surface area (Å²) < 4.78 is 16.1. The third-order valence-electron chi connectivity index (χ3n) is 6.49. The monoisotopic (exact) mass is 475 g/mol. The molecule has 6 aromatic rings. The topological polar surface area (TPSA) is 12.9 Å². The molecule has 6 rings (SSSR count). The van der Waals surface area contributed by atoms with E-state index in [1.165, 1.54) is 48.6 Å². The van der Waals surface area contributed by atoms with Crippen LogP contribution in [-0.2, 0) is 6.42 Å². The molecule has 35 heavy (non-hydrogen) atoms. The van der Waals surface area contributed by atoms with Crippen molar-refractivity contribution in [2.24, 2.45) is 5.41 Å². The zero-order chi connectivity index (χ0) is 24.2. The highest BCUT2D eigenvalue weighted by Gasteiger charge is 2.15. The third kappa shape index (κ3) is 4.11. The van der Waals surface area contributed by atoms with Crippen molar-refractivity contribution in [3.63, 3.8) is 0 Å². The molecule has 4 aromatic carbocycles. The van der Waals surface area contributed by atoms with Gasteiger partial charge in [-0.05, 0) is 70.3 Å². The SMILES string of the molecule is CC(C)(C)Cc1ccnc(-c2ccc3c(c2)sc2c4ccccc4c(-c4ccc(F)cc4)cc32)c1. The van der Waals surface area contributed by atoms with Crippen molar-refractivity contribution in [3.05, 3.63) is 103 Å². The molecule has 0 saturated heterocycles. The summed E-state index contributed by atoms with van der Waals surface area (Å²) in [4.78, 5) is 4.69. The minimum atomic E-state index is -0.215. The first-order chi connectivity index (χ1) is 16.9. The molecular weight excluding hydrogens is 449 g/mol. The Labute approximate surface area is 208 Å². The molecule has 0 spiro atoms. The maximum Gasteiger partial charge on any atom is 0.123 e. The number of thiophene rings is 1. The lowest BCUT2D eigenvalue weighted by molar-refractivity contribution is 0.411. The molecule has 0 aliphatic carbocycles. The number of benzene rings is 4. The Kier molecular flexibility index (Phi) is 5.19. The number of halogens is 1. The van der Waals surface area contributed by atoms with E-state index in [2.05, 4.69) is 86.4 Å². The van der Waals surface area contributed by atoms with Gasteiger partial charge in [0, 0.05) is 37.3 Å². The second-order valence-electron chi connectivity index (χ2n) is 10.5. The van der Waals surface area contributed by atoms with Gasteiger partial charge in [-0.1, -0.05) is 69.3 Å². The van der Waals surface area contributed by atoms with E-state index in [1.54, 1.807) is 0 Å². The number of fused-ring (bicyclic) bond motifs is 5. The normalized spacial score (nSPS) is 12.1. The molecule has 0 saturated carbocycles. The summed E-state index contributed by atoms with van der Waals surface area (Å²) in [6, 6.07) is 28.6. The molecule has 0 fully saturated rings. The second kappa shape index (κ2) is 8.28. The van der Waals surface area contributed by atoms with Crippen LogP contribution in [-0.4, -0.2) is 4.98 Å². The highest BCUT2D eigenvalue weighted by molar-refractivity contribution is 7.26. The smallest absolute Gasteiger partial charge is 0.123 e. The fourth-order valence-electron chi connectivity index (χ4n) is 4.98. The summed E-state index contributed by atoms with van der Waals surface area (Å²) in [5.41, 5.74) is 5.87. The van der Waals surface area contributed by atoms with Gasteiger partial charge in [-0.2, -0.15) is 0 Å². The zero-order valence-electron chi connectivity index (χ0n) is 20.1. The summed E-state index contributed by atoms with van der Waals surface area (Å²) in [5.74, 6) is -0.215. The van der Waals surface area contributed by atoms with Crippen LogP contribution in [0.2, 0.25) is 0 Å². The molecule has 0 atom stereocenters. The molecule has 172 valence electrons. The van der Waals surface area contributed by atoms with Gasteiger partial charge in [-0.3, -0.25) is 4.98 Å². The van der Waals surface area contributed by atoms with Gasteiger partial charge in [0.2, 0.25) is 0 Å². The summed E-state index contributed by atoms with van der Waals surface area (Å²) >= 11 is 1.83. The molecule has 1 nitrogen and oxygen atoms in total. The van der Waals surface area contributed by atoms with E-state index in [0.717, 1.165) is 28.8 Å². The molecular formula is C32H26FNS. The molecule has 2 aromatic heterocycles. The van der Waals surface area contributed by atoms with E-state index in [-0.39, 0.29) is 11.2 Å². The van der Waals surface area contributed by atoms with Crippen LogP contribution < -0.4 is 0 Å². The lowest BCUT2D eigenvalue weighted by atomic mass is 9.88. The molecule has 0 N–H and O–H groups in total. The van der Waals surface area contributed by atoms with Gasteiger partial charge in [-0.15, -0.1) is 11.3 Å². The van der Waals surface area contributed by atoms with Crippen molar-refractivity contribution in [1.82, 2.24) is 4.98 Å². The molecule has 3 heteroatoms. The maximum atomic E-state index is 13.6. The number of rotatable bonds is 3. The van der Waals surface area contributed by atoms with Crippen LogP contribution in [0.3, 0.4) is 0 Å². The van der Waals surface area contributed by atoms with E-state index in [4.69, 9.17) is 0 Å². The summed E-state index contributed by atoms with van der Waals surface area (Å²) in [6.45, 7) is 6.79. The zero-order valence-corrected chi connectivity index (χ0v) is 20.9. The Bertz CT molecular complexity index is 1700. The Morgan fingerprint density at radius 1 is 0.743 bits per heavy atom. The number of pyridine rings is 1. The van der Waals surface area contributed by atoms with Crippen molar-refractivity contribution in [1.29, 1.82) is 0 Å². The predicted octanol–water partition coefficient (Wildman–Crippen LogP) is 9.66. The first kappa shape index (κ1) is 21.9. The summed E-state index contributed by atoms with van der Waals surface area (Å²) in [6.07, 6.45) is 2.94. The van der Waals surface area contributed by atoms with Crippen molar-refractivity contribution < 1.29 is 4.39 Å². The van der Waals surface area contributed by atoms with E-state index in [9.17, 15) is 4.39 Å². The molecule has 0 aliphatic rings. The standard InChI is InChI=1S/C32H26FNS/c1-32(2,3)19-20-14-15-34-29(16-20)22-10-13-25-28-18-27(21-8-11-23(33)12-9-21)24-6-4-5-7-26(24)31(28)35-30(25)17-22/h4-18H,19H2,1-3H3. The van der Waals surface area contributed by atoms with Gasteiger partial charge in [0.25, 0.3) is 0 Å². The van der Waals surface area contributed by atoms with Gasteiger partial charge in [-0.25, -0.2) is 4.39 Å². The van der Waals surface area contributed by atoms with Crippen LogP contribution in [0.1, 0.15) is 26.3 Å². The van der Waals surface area contributed by atoms with Crippen LogP contribution in [0, 0.1) is 11.2 Å². The fourth-order valence-corrected chi connectivity index (χ4v) is 6.24. The van der Waals surface area contributed by atoms with E-state index < -0.39 is 0 Å². The van der Waals surface area contributed by atoms with Crippen LogP contribution in [0.4, 0.5) is 4.39 Å². The molecule has 0 unspecified atom stereocenters. The number of aromatic nitrogens is 1. The molecule has 2 heterocycles. The Balaban J connectivity index is 1.53. The van der Waals surface area contributed by atoms with Crippen LogP contribution in [0.25, 0.3) is 53.3 Å². The highest BCUT2D eigenvalue weighted by atomic mass is 32.1. The van der Waals surface area contributed by atoms with Crippen molar-refractivity contribution >= 4 is 42.3 Å². The molecule has 0 aliphatic heterocycles. The molecule has 0 radical (unpaired) electrons. The van der Waals surface area contributed by atoms with Gasteiger partial charge in [0.15, 0.2) is 0 Å². The summed E-state index contributed by atoms with van der Waals surface area (Å²) in [5, 5.41) is 4.91. The first-order valence-electron chi connectivity index (χ1n) is 11.9. The third-order valence-corrected chi connectivity index (χ3v) is 7.69. The lowest BCUT2D eigenvalue weighted by Crippen LogP contribution is -2.09. The second-order valence-corrected chi connectivity index (χ2v) is 11.5. The quantitative estimate of drug-likeness (QED) is 0.248. The fraction of sp³-hybridized carbons (Fsp3) is 0.156.